The minimum absolute atomic E-state index is 0.483. The Balaban J connectivity index is 1.79. The van der Waals surface area contributed by atoms with Gasteiger partial charge < -0.3 is 9.84 Å². The van der Waals surface area contributed by atoms with Crippen LogP contribution in [0.15, 0.2) is 23.0 Å². The molecule has 5 heteroatoms. The number of hydrogen-bond donors (Lipinski definition) is 1. The fourth-order valence-corrected chi connectivity index (χ4v) is 2.31. The summed E-state index contributed by atoms with van der Waals surface area (Å²) in [5.41, 5.74) is 2.04. The molecule has 0 amide bonds. The van der Waals surface area contributed by atoms with Crippen molar-refractivity contribution < 1.29 is 4.52 Å². The van der Waals surface area contributed by atoms with Gasteiger partial charge in [0.05, 0.1) is 0 Å². The van der Waals surface area contributed by atoms with Gasteiger partial charge in [-0.15, -0.1) is 0 Å². The summed E-state index contributed by atoms with van der Waals surface area (Å²) in [6, 6.07) is 2.40. The van der Waals surface area contributed by atoms with Crippen LogP contribution in [-0.2, 0) is 6.42 Å². The van der Waals surface area contributed by atoms with Gasteiger partial charge in [0.2, 0.25) is 11.7 Å². The predicted molar refractivity (Wildman–Crippen MR) is 67.0 cm³/mol. The highest BCUT2D eigenvalue weighted by molar-refractivity contribution is 5.57. The van der Waals surface area contributed by atoms with Crippen molar-refractivity contribution in [3.63, 3.8) is 0 Å². The molecule has 18 heavy (non-hydrogen) atoms. The molecule has 0 radical (unpaired) electrons. The maximum absolute atomic E-state index is 5.31. The zero-order valence-corrected chi connectivity index (χ0v) is 10.4. The van der Waals surface area contributed by atoms with Gasteiger partial charge in [0.1, 0.15) is 0 Å². The molecule has 3 rings (SSSR count). The summed E-state index contributed by atoms with van der Waals surface area (Å²) < 4.78 is 5.31. The first kappa shape index (κ1) is 11.3. The smallest absolute Gasteiger partial charge is 0.228 e. The molecule has 0 saturated carbocycles. The van der Waals surface area contributed by atoms with Crippen LogP contribution in [0, 0.1) is 6.92 Å². The van der Waals surface area contributed by atoms with E-state index in [9.17, 15) is 0 Å². The molecule has 1 unspecified atom stereocenters. The number of hydrogen-bond acceptors (Lipinski definition) is 5. The second kappa shape index (κ2) is 4.86. The molecule has 1 aliphatic rings. The van der Waals surface area contributed by atoms with E-state index in [1.807, 2.05) is 19.2 Å². The fraction of sp³-hybridized carbons (Fsp3) is 0.462. The van der Waals surface area contributed by atoms with Crippen molar-refractivity contribution in [3.8, 4) is 11.4 Å². The van der Waals surface area contributed by atoms with Crippen LogP contribution in [0.4, 0.5) is 0 Å². The molecule has 5 nitrogen and oxygen atoms in total. The molecule has 1 atom stereocenters. The van der Waals surface area contributed by atoms with Crippen LogP contribution in [0.1, 0.15) is 24.3 Å². The van der Waals surface area contributed by atoms with Crippen LogP contribution in [-0.4, -0.2) is 27.7 Å². The first-order valence-electron chi connectivity index (χ1n) is 6.30. The quantitative estimate of drug-likeness (QED) is 0.890. The number of nitrogens with one attached hydrogen (secondary N) is 1. The van der Waals surface area contributed by atoms with Gasteiger partial charge in [-0.05, 0) is 37.9 Å². The molecule has 2 aromatic rings. The van der Waals surface area contributed by atoms with Gasteiger partial charge in [0, 0.05) is 30.4 Å². The lowest BCUT2D eigenvalue weighted by Gasteiger charge is -2.04. The maximum Gasteiger partial charge on any atom is 0.228 e. The van der Waals surface area contributed by atoms with E-state index in [2.05, 4.69) is 20.4 Å². The SMILES string of the molecule is Cc1cnccc1-c1noc(CC2CCCN2)n1. The monoisotopic (exact) mass is 244 g/mol. The largest absolute Gasteiger partial charge is 0.339 e. The Labute approximate surface area is 106 Å². The first-order valence-corrected chi connectivity index (χ1v) is 6.30. The summed E-state index contributed by atoms with van der Waals surface area (Å²) in [6.45, 7) is 3.09. The van der Waals surface area contributed by atoms with Crippen LogP contribution in [0.2, 0.25) is 0 Å². The number of pyridine rings is 1. The third kappa shape index (κ3) is 2.26. The Morgan fingerprint density at radius 3 is 3.22 bits per heavy atom. The summed E-state index contributed by atoms with van der Waals surface area (Å²) in [5.74, 6) is 1.36. The van der Waals surface area contributed by atoms with Gasteiger partial charge in [-0.1, -0.05) is 5.16 Å². The van der Waals surface area contributed by atoms with Gasteiger partial charge in [-0.2, -0.15) is 4.98 Å². The number of rotatable bonds is 3. The molecule has 2 aromatic heterocycles. The van der Waals surface area contributed by atoms with Gasteiger partial charge in [0.15, 0.2) is 0 Å². The van der Waals surface area contributed by atoms with Crippen LogP contribution >= 0.6 is 0 Å². The van der Waals surface area contributed by atoms with Crippen molar-refractivity contribution in [2.24, 2.45) is 0 Å². The molecule has 0 aromatic carbocycles. The third-order valence-corrected chi connectivity index (χ3v) is 3.31. The summed E-state index contributed by atoms with van der Waals surface area (Å²) in [7, 11) is 0. The van der Waals surface area contributed by atoms with E-state index in [1.165, 1.54) is 12.8 Å². The highest BCUT2D eigenvalue weighted by Gasteiger charge is 2.18. The van der Waals surface area contributed by atoms with Crippen LogP contribution in [0.5, 0.6) is 0 Å². The van der Waals surface area contributed by atoms with E-state index in [4.69, 9.17) is 4.52 Å². The van der Waals surface area contributed by atoms with Gasteiger partial charge in [-0.25, -0.2) is 0 Å². The second-order valence-corrected chi connectivity index (χ2v) is 4.70. The van der Waals surface area contributed by atoms with Crippen molar-refractivity contribution in [2.45, 2.75) is 32.2 Å². The molecule has 0 bridgehead atoms. The zero-order chi connectivity index (χ0) is 12.4. The number of aryl methyl sites for hydroxylation is 1. The molecular weight excluding hydrogens is 228 g/mol. The van der Waals surface area contributed by atoms with Gasteiger partial charge in [0.25, 0.3) is 0 Å². The summed E-state index contributed by atoms with van der Waals surface area (Å²) in [4.78, 5) is 8.52. The van der Waals surface area contributed by atoms with E-state index in [0.717, 1.165) is 24.1 Å². The maximum atomic E-state index is 5.31. The molecule has 94 valence electrons. The van der Waals surface area contributed by atoms with Crippen LogP contribution in [0.25, 0.3) is 11.4 Å². The topological polar surface area (TPSA) is 63.8 Å². The molecule has 0 aliphatic carbocycles. The third-order valence-electron chi connectivity index (χ3n) is 3.31. The van der Waals surface area contributed by atoms with Crippen molar-refractivity contribution in [1.82, 2.24) is 20.4 Å². The molecular formula is C13H16N4O. The fourth-order valence-electron chi connectivity index (χ4n) is 2.31. The Morgan fingerprint density at radius 2 is 2.44 bits per heavy atom. The van der Waals surface area contributed by atoms with E-state index in [0.29, 0.717) is 17.8 Å². The van der Waals surface area contributed by atoms with Crippen molar-refractivity contribution in [3.05, 3.63) is 29.9 Å². The zero-order valence-electron chi connectivity index (χ0n) is 10.4. The van der Waals surface area contributed by atoms with Crippen molar-refractivity contribution in [1.29, 1.82) is 0 Å². The molecule has 1 fully saturated rings. The highest BCUT2D eigenvalue weighted by Crippen LogP contribution is 2.20. The molecule has 1 N–H and O–H groups in total. The minimum Gasteiger partial charge on any atom is -0.339 e. The normalized spacial score (nSPS) is 19.3. The summed E-state index contributed by atoms with van der Waals surface area (Å²) in [6.07, 6.45) is 6.79. The van der Waals surface area contributed by atoms with E-state index >= 15 is 0 Å². The standard InChI is InChI=1S/C13H16N4O/c1-9-8-14-6-4-11(9)13-16-12(18-17-13)7-10-3-2-5-15-10/h4,6,8,10,15H,2-3,5,7H2,1H3. The summed E-state index contributed by atoms with van der Waals surface area (Å²) in [5, 5.41) is 7.48. The van der Waals surface area contributed by atoms with Crippen molar-refractivity contribution in [2.75, 3.05) is 6.54 Å². The molecule has 0 spiro atoms. The Hall–Kier alpha value is -1.75. The van der Waals surface area contributed by atoms with E-state index in [1.54, 1.807) is 6.20 Å². The Morgan fingerprint density at radius 1 is 1.50 bits per heavy atom. The lowest BCUT2D eigenvalue weighted by molar-refractivity contribution is 0.364. The number of aromatic nitrogens is 3. The molecule has 1 aliphatic heterocycles. The lowest BCUT2D eigenvalue weighted by atomic mass is 10.1. The predicted octanol–water partition coefficient (Wildman–Crippen LogP) is 1.73. The van der Waals surface area contributed by atoms with E-state index in [-0.39, 0.29) is 0 Å². The lowest BCUT2D eigenvalue weighted by Crippen LogP contribution is -2.23. The minimum atomic E-state index is 0.483. The first-order chi connectivity index (χ1) is 8.83. The van der Waals surface area contributed by atoms with Gasteiger partial charge >= 0.3 is 0 Å². The Kier molecular flexibility index (Phi) is 3.06. The van der Waals surface area contributed by atoms with Gasteiger partial charge in [-0.3, -0.25) is 4.98 Å². The molecule has 3 heterocycles. The van der Waals surface area contributed by atoms with E-state index < -0.39 is 0 Å². The van der Waals surface area contributed by atoms with Crippen LogP contribution < -0.4 is 5.32 Å². The Bertz CT molecular complexity index is 531. The highest BCUT2D eigenvalue weighted by atomic mass is 16.5. The number of nitrogens with zero attached hydrogens (tertiary/aromatic N) is 3. The van der Waals surface area contributed by atoms with Crippen LogP contribution in [0.3, 0.4) is 0 Å². The second-order valence-electron chi connectivity index (χ2n) is 4.70. The van der Waals surface area contributed by atoms with Crippen molar-refractivity contribution >= 4 is 0 Å². The average Bonchev–Trinajstić information content (AvgIpc) is 3.02. The average molecular weight is 244 g/mol. The summed E-state index contributed by atoms with van der Waals surface area (Å²) >= 11 is 0. The molecule has 1 saturated heterocycles.